The number of benzene rings is 1. The van der Waals surface area contributed by atoms with E-state index in [0.29, 0.717) is 72.4 Å². The maximum atomic E-state index is 13.3. The number of carbonyl (C=O) groups excluding carboxylic acids is 1. The highest BCUT2D eigenvalue weighted by atomic mass is 32.2. The smallest absolute Gasteiger partial charge is 0.280 e. The van der Waals surface area contributed by atoms with Gasteiger partial charge in [0.25, 0.3) is 5.91 Å². The van der Waals surface area contributed by atoms with Crippen molar-refractivity contribution >= 4 is 48.3 Å². The normalized spacial score (nSPS) is 18.2. The Balaban J connectivity index is 1.38. The van der Waals surface area contributed by atoms with Crippen molar-refractivity contribution in [3.8, 4) is 5.75 Å². The zero-order valence-electron chi connectivity index (χ0n) is 20.2. The molecule has 3 aromatic rings. The van der Waals surface area contributed by atoms with E-state index in [-0.39, 0.29) is 22.0 Å². The van der Waals surface area contributed by atoms with E-state index in [1.165, 1.54) is 23.5 Å². The van der Waals surface area contributed by atoms with Crippen molar-refractivity contribution in [1.82, 2.24) is 15.3 Å². The summed E-state index contributed by atoms with van der Waals surface area (Å²) in [6.45, 7) is 2.08. The van der Waals surface area contributed by atoms with Crippen LogP contribution in [0.25, 0.3) is 10.3 Å². The zero-order chi connectivity index (χ0) is 25.8. The molecule has 196 valence electrons. The third-order valence-electron chi connectivity index (χ3n) is 5.91. The summed E-state index contributed by atoms with van der Waals surface area (Å²) in [6, 6.07) is 7.86. The van der Waals surface area contributed by atoms with Crippen LogP contribution in [0.3, 0.4) is 0 Å². The average molecular weight is 546 g/mol. The number of thiazole rings is 1. The van der Waals surface area contributed by atoms with Crippen LogP contribution in [0.4, 0.5) is 5.13 Å². The second kappa shape index (κ2) is 11.1. The van der Waals surface area contributed by atoms with E-state index >= 15 is 0 Å². The van der Waals surface area contributed by atoms with Crippen LogP contribution >= 0.6 is 11.3 Å². The van der Waals surface area contributed by atoms with E-state index in [2.05, 4.69) is 25.8 Å². The first-order chi connectivity index (χ1) is 18.0. The Hall–Kier alpha value is -3.13. The van der Waals surface area contributed by atoms with Gasteiger partial charge < -0.3 is 19.6 Å². The predicted octanol–water partition coefficient (Wildman–Crippen LogP) is 2.37. The van der Waals surface area contributed by atoms with Crippen LogP contribution in [0.5, 0.6) is 5.75 Å². The molecule has 5 rings (SSSR count). The number of ether oxygens (including phenoxy) is 2. The standard InChI is InChI=1S/C24H27N5O6S2/c1-25-11-13-34-19-8-10-26-23-21(19)27-24(36-23)28-22(30)20(29-35-16-9-12-33-14-16)15-2-4-17(5-3-15)37(31,32)18-6-7-18/h2-5,8,10,16,18,25H,6-7,9,11-14H2,1H3,(H,27,28,30)/t16-/m1/s1. The van der Waals surface area contributed by atoms with Gasteiger partial charge in [0, 0.05) is 30.8 Å². The van der Waals surface area contributed by atoms with Crippen LogP contribution < -0.4 is 15.4 Å². The van der Waals surface area contributed by atoms with Crippen LogP contribution in [0, 0.1) is 0 Å². The van der Waals surface area contributed by atoms with Gasteiger partial charge in [-0.1, -0.05) is 28.6 Å². The number of nitrogens with one attached hydrogen (secondary N) is 2. The van der Waals surface area contributed by atoms with E-state index in [1.807, 2.05) is 7.05 Å². The minimum absolute atomic E-state index is 0.0000196. The summed E-state index contributed by atoms with van der Waals surface area (Å²) < 4.78 is 36.2. The highest BCUT2D eigenvalue weighted by Crippen LogP contribution is 2.34. The van der Waals surface area contributed by atoms with E-state index in [9.17, 15) is 13.2 Å². The summed E-state index contributed by atoms with van der Waals surface area (Å²) in [5.74, 6) is 0.0244. The quantitative estimate of drug-likeness (QED) is 0.211. The Kier molecular flexibility index (Phi) is 7.65. The molecule has 0 unspecified atom stereocenters. The highest BCUT2D eigenvalue weighted by molar-refractivity contribution is 7.92. The monoisotopic (exact) mass is 545 g/mol. The number of likely N-dealkylation sites (N-methyl/N-ethyl adjacent to an activating group) is 1. The lowest BCUT2D eigenvalue weighted by molar-refractivity contribution is -0.110. The number of sulfone groups is 1. The second-order valence-electron chi connectivity index (χ2n) is 8.69. The molecule has 1 aliphatic heterocycles. The molecule has 1 saturated heterocycles. The lowest BCUT2D eigenvalue weighted by atomic mass is 10.1. The number of carbonyl (C=O) groups is 1. The molecule has 1 saturated carbocycles. The predicted molar refractivity (Wildman–Crippen MR) is 139 cm³/mol. The second-order valence-corrected chi connectivity index (χ2v) is 11.9. The van der Waals surface area contributed by atoms with Crippen LogP contribution in [-0.4, -0.2) is 74.8 Å². The van der Waals surface area contributed by atoms with Crippen molar-refractivity contribution in [1.29, 1.82) is 0 Å². The van der Waals surface area contributed by atoms with Gasteiger partial charge in [-0.05, 0) is 32.0 Å². The van der Waals surface area contributed by atoms with Gasteiger partial charge in [-0.3, -0.25) is 10.1 Å². The molecule has 2 fully saturated rings. The van der Waals surface area contributed by atoms with Crippen LogP contribution in [0.2, 0.25) is 0 Å². The molecule has 0 spiro atoms. The molecular weight excluding hydrogens is 518 g/mol. The lowest BCUT2D eigenvalue weighted by Crippen LogP contribution is -2.25. The number of amides is 1. The van der Waals surface area contributed by atoms with Crippen molar-refractivity contribution in [2.75, 3.05) is 38.7 Å². The molecule has 0 radical (unpaired) electrons. The Morgan fingerprint density at radius 2 is 2.03 bits per heavy atom. The number of anilines is 1. The minimum atomic E-state index is -3.35. The molecule has 13 heteroatoms. The van der Waals surface area contributed by atoms with E-state index in [1.54, 1.807) is 24.4 Å². The minimum Gasteiger partial charge on any atom is -0.490 e. The summed E-state index contributed by atoms with van der Waals surface area (Å²) >= 11 is 1.21. The summed E-state index contributed by atoms with van der Waals surface area (Å²) in [5.41, 5.74) is 0.966. The third-order valence-corrected chi connectivity index (χ3v) is 9.06. The maximum absolute atomic E-state index is 13.3. The maximum Gasteiger partial charge on any atom is 0.280 e. The Morgan fingerprint density at radius 3 is 2.73 bits per heavy atom. The Labute approximate surface area is 218 Å². The van der Waals surface area contributed by atoms with Gasteiger partial charge in [0.15, 0.2) is 26.8 Å². The summed E-state index contributed by atoms with van der Waals surface area (Å²) in [6.07, 6.45) is 3.38. The molecule has 0 bridgehead atoms. The number of aromatic nitrogens is 2. The van der Waals surface area contributed by atoms with Gasteiger partial charge in [0.2, 0.25) is 0 Å². The third kappa shape index (κ3) is 5.90. The number of pyridine rings is 1. The van der Waals surface area contributed by atoms with Crippen LogP contribution in [-0.2, 0) is 24.2 Å². The molecule has 1 atom stereocenters. The molecule has 2 aliphatic rings. The van der Waals surface area contributed by atoms with Gasteiger partial charge in [-0.15, -0.1) is 0 Å². The van der Waals surface area contributed by atoms with Gasteiger partial charge in [-0.2, -0.15) is 0 Å². The van der Waals surface area contributed by atoms with Gasteiger partial charge in [0.1, 0.15) is 22.7 Å². The molecule has 37 heavy (non-hydrogen) atoms. The Bertz CT molecular complexity index is 1400. The first-order valence-corrected chi connectivity index (χ1v) is 14.3. The number of fused-ring (bicyclic) bond motifs is 1. The zero-order valence-corrected chi connectivity index (χ0v) is 21.8. The van der Waals surface area contributed by atoms with Gasteiger partial charge in [0.05, 0.1) is 23.4 Å². The SMILES string of the molecule is CNCCOc1ccnc2sc(NC(=O)C(=NO[C@@H]3CCOC3)c3ccc(S(=O)(=O)C4CC4)cc3)nc12. The van der Waals surface area contributed by atoms with Crippen molar-refractivity contribution in [2.45, 2.75) is 35.5 Å². The van der Waals surface area contributed by atoms with Crippen LogP contribution in [0.1, 0.15) is 24.8 Å². The number of rotatable bonds is 11. The molecule has 2 N–H and O–H groups in total. The summed E-state index contributed by atoms with van der Waals surface area (Å²) in [5, 5.41) is 9.93. The van der Waals surface area contributed by atoms with E-state index in [4.69, 9.17) is 14.3 Å². The van der Waals surface area contributed by atoms with Crippen LogP contribution in [0.15, 0.2) is 46.6 Å². The van der Waals surface area contributed by atoms with Gasteiger partial charge in [-0.25, -0.2) is 18.4 Å². The Morgan fingerprint density at radius 1 is 1.22 bits per heavy atom. The fourth-order valence-electron chi connectivity index (χ4n) is 3.72. The first-order valence-electron chi connectivity index (χ1n) is 12.0. The number of oxime groups is 1. The summed E-state index contributed by atoms with van der Waals surface area (Å²) in [7, 11) is -1.51. The van der Waals surface area contributed by atoms with Crippen molar-refractivity contribution in [2.24, 2.45) is 5.16 Å². The van der Waals surface area contributed by atoms with E-state index < -0.39 is 15.7 Å². The molecular formula is C24H27N5O6S2. The average Bonchev–Trinajstić information content (AvgIpc) is 3.49. The number of hydrogen-bond donors (Lipinski definition) is 2. The molecule has 1 amide bonds. The largest absolute Gasteiger partial charge is 0.490 e. The first kappa shape index (κ1) is 25.5. The summed E-state index contributed by atoms with van der Waals surface area (Å²) in [4.78, 5) is 28.6. The number of hydrogen-bond acceptors (Lipinski definition) is 11. The molecule has 1 aromatic carbocycles. The highest BCUT2D eigenvalue weighted by Gasteiger charge is 2.36. The fourth-order valence-corrected chi connectivity index (χ4v) is 6.20. The molecule has 1 aliphatic carbocycles. The molecule has 2 aromatic heterocycles. The number of nitrogens with zero attached hydrogens (tertiary/aromatic N) is 3. The van der Waals surface area contributed by atoms with Crippen molar-refractivity contribution in [3.05, 3.63) is 42.1 Å². The van der Waals surface area contributed by atoms with Crippen molar-refractivity contribution < 1.29 is 27.5 Å². The molecule has 3 heterocycles. The van der Waals surface area contributed by atoms with Gasteiger partial charge >= 0.3 is 0 Å². The van der Waals surface area contributed by atoms with E-state index in [0.717, 1.165) is 0 Å². The topological polar surface area (TPSA) is 141 Å². The molecule has 11 nitrogen and oxygen atoms in total. The van der Waals surface area contributed by atoms with Crippen molar-refractivity contribution in [3.63, 3.8) is 0 Å². The fraction of sp³-hybridized carbons (Fsp3) is 0.417. The lowest BCUT2D eigenvalue weighted by Gasteiger charge is -2.10.